The zero-order chi connectivity index (χ0) is 17.8. The molecule has 1 N–H and O–H groups in total. The normalized spacial score (nSPS) is 10.6. The Labute approximate surface area is 147 Å². The first kappa shape index (κ1) is 16.8. The second-order valence-corrected chi connectivity index (χ2v) is 6.21. The summed E-state index contributed by atoms with van der Waals surface area (Å²) in [5.74, 6) is -0.209. The SMILES string of the molecule is Cc1ccc(O)c(C(=O)N(C)Cc2cnn(Cc3ccccc3)c2)c1. The molecule has 0 aliphatic heterocycles. The van der Waals surface area contributed by atoms with E-state index in [1.54, 1.807) is 36.3 Å². The number of carbonyl (C=O) groups excluding carboxylic acids is 1. The first-order valence-electron chi connectivity index (χ1n) is 8.13. The summed E-state index contributed by atoms with van der Waals surface area (Å²) in [5, 5.41) is 14.3. The van der Waals surface area contributed by atoms with Gasteiger partial charge in [0.15, 0.2) is 0 Å². The van der Waals surface area contributed by atoms with Crippen molar-refractivity contribution in [2.24, 2.45) is 0 Å². The van der Waals surface area contributed by atoms with Crippen molar-refractivity contribution in [1.29, 1.82) is 0 Å². The molecular weight excluding hydrogens is 314 g/mol. The van der Waals surface area contributed by atoms with Gasteiger partial charge in [-0.25, -0.2) is 0 Å². The highest BCUT2D eigenvalue weighted by molar-refractivity contribution is 5.96. The Bertz CT molecular complexity index is 872. The van der Waals surface area contributed by atoms with Crippen molar-refractivity contribution in [3.8, 4) is 5.75 Å². The summed E-state index contributed by atoms with van der Waals surface area (Å²) in [6.45, 7) is 3.02. The van der Waals surface area contributed by atoms with Crippen molar-refractivity contribution < 1.29 is 9.90 Å². The molecule has 5 nitrogen and oxygen atoms in total. The summed E-state index contributed by atoms with van der Waals surface area (Å²) in [7, 11) is 1.72. The van der Waals surface area contributed by atoms with E-state index >= 15 is 0 Å². The van der Waals surface area contributed by atoms with Crippen LogP contribution in [0.3, 0.4) is 0 Å². The van der Waals surface area contributed by atoms with E-state index in [0.717, 1.165) is 11.1 Å². The van der Waals surface area contributed by atoms with Crippen molar-refractivity contribution in [1.82, 2.24) is 14.7 Å². The number of rotatable bonds is 5. The van der Waals surface area contributed by atoms with E-state index in [1.165, 1.54) is 5.56 Å². The number of aromatic hydroxyl groups is 1. The van der Waals surface area contributed by atoms with Crippen LogP contribution in [0.4, 0.5) is 0 Å². The lowest BCUT2D eigenvalue weighted by Gasteiger charge is -2.17. The number of hydrogen-bond acceptors (Lipinski definition) is 3. The van der Waals surface area contributed by atoms with E-state index in [1.807, 2.05) is 36.0 Å². The summed E-state index contributed by atoms with van der Waals surface area (Å²) in [6, 6.07) is 15.1. The highest BCUT2D eigenvalue weighted by atomic mass is 16.3. The van der Waals surface area contributed by atoms with Gasteiger partial charge in [0.05, 0.1) is 18.3 Å². The zero-order valence-electron chi connectivity index (χ0n) is 14.4. The molecule has 128 valence electrons. The quantitative estimate of drug-likeness (QED) is 0.779. The summed E-state index contributed by atoms with van der Waals surface area (Å²) >= 11 is 0. The van der Waals surface area contributed by atoms with Crippen molar-refractivity contribution >= 4 is 5.91 Å². The number of aryl methyl sites for hydroxylation is 1. The maximum atomic E-state index is 12.6. The van der Waals surface area contributed by atoms with Gasteiger partial charge in [-0.15, -0.1) is 0 Å². The fraction of sp³-hybridized carbons (Fsp3) is 0.200. The van der Waals surface area contributed by atoms with E-state index in [9.17, 15) is 9.90 Å². The number of phenols is 1. The number of amides is 1. The third kappa shape index (κ3) is 4.07. The highest BCUT2D eigenvalue weighted by Crippen LogP contribution is 2.20. The summed E-state index contributed by atoms with van der Waals surface area (Å²) < 4.78 is 1.85. The van der Waals surface area contributed by atoms with Crippen LogP contribution in [0.15, 0.2) is 60.9 Å². The molecule has 3 aromatic rings. The molecular formula is C20H21N3O2. The molecule has 5 heteroatoms. The van der Waals surface area contributed by atoms with Crippen LogP contribution in [0, 0.1) is 6.92 Å². The molecule has 1 heterocycles. The fourth-order valence-corrected chi connectivity index (χ4v) is 2.72. The Kier molecular flexibility index (Phi) is 4.84. The average Bonchev–Trinajstić information content (AvgIpc) is 3.04. The number of carbonyl (C=O) groups is 1. The molecule has 0 fully saturated rings. The van der Waals surface area contributed by atoms with Gasteiger partial charge < -0.3 is 10.0 Å². The lowest BCUT2D eigenvalue weighted by molar-refractivity contribution is 0.0782. The van der Waals surface area contributed by atoms with Gasteiger partial charge in [0.25, 0.3) is 5.91 Å². The minimum absolute atomic E-state index is 0.00206. The van der Waals surface area contributed by atoms with Gasteiger partial charge in [-0.3, -0.25) is 9.48 Å². The van der Waals surface area contributed by atoms with Gasteiger partial charge in [-0.1, -0.05) is 42.0 Å². The monoisotopic (exact) mass is 335 g/mol. The maximum absolute atomic E-state index is 12.6. The number of hydrogen-bond donors (Lipinski definition) is 1. The van der Waals surface area contributed by atoms with E-state index in [4.69, 9.17) is 0 Å². The van der Waals surface area contributed by atoms with Crippen LogP contribution < -0.4 is 0 Å². The molecule has 3 rings (SSSR count). The van der Waals surface area contributed by atoms with Gasteiger partial charge in [-0.2, -0.15) is 5.10 Å². The minimum Gasteiger partial charge on any atom is -0.507 e. The molecule has 0 bridgehead atoms. The zero-order valence-corrected chi connectivity index (χ0v) is 14.4. The lowest BCUT2D eigenvalue weighted by Crippen LogP contribution is -2.26. The number of phenolic OH excluding ortho intramolecular Hbond substituents is 1. The van der Waals surface area contributed by atoms with Crippen LogP contribution in [0.2, 0.25) is 0 Å². The summed E-state index contributed by atoms with van der Waals surface area (Å²) in [5.41, 5.74) is 3.37. The standard InChI is InChI=1S/C20H21N3O2/c1-15-8-9-19(24)18(10-15)20(25)22(2)12-17-11-21-23(14-17)13-16-6-4-3-5-7-16/h3-11,14,24H,12-13H2,1-2H3. The molecule has 0 aliphatic carbocycles. The number of aromatic nitrogens is 2. The average molecular weight is 335 g/mol. The molecule has 2 aromatic carbocycles. The van der Waals surface area contributed by atoms with Gasteiger partial charge in [0.1, 0.15) is 5.75 Å². The van der Waals surface area contributed by atoms with Crippen molar-refractivity contribution in [2.45, 2.75) is 20.0 Å². The molecule has 0 radical (unpaired) electrons. The maximum Gasteiger partial charge on any atom is 0.257 e. The lowest BCUT2D eigenvalue weighted by atomic mass is 10.1. The van der Waals surface area contributed by atoms with E-state index in [-0.39, 0.29) is 11.7 Å². The predicted molar refractivity (Wildman–Crippen MR) is 96.4 cm³/mol. The van der Waals surface area contributed by atoms with Gasteiger partial charge >= 0.3 is 0 Å². The number of nitrogens with zero attached hydrogens (tertiary/aromatic N) is 3. The summed E-state index contributed by atoms with van der Waals surface area (Å²) in [4.78, 5) is 14.1. The van der Waals surface area contributed by atoms with E-state index < -0.39 is 0 Å². The van der Waals surface area contributed by atoms with Gasteiger partial charge in [-0.05, 0) is 24.6 Å². The smallest absolute Gasteiger partial charge is 0.257 e. The topological polar surface area (TPSA) is 58.4 Å². The van der Waals surface area contributed by atoms with Gasteiger partial charge in [0.2, 0.25) is 0 Å². The van der Waals surface area contributed by atoms with Crippen LogP contribution in [0.25, 0.3) is 0 Å². The largest absolute Gasteiger partial charge is 0.507 e. The van der Waals surface area contributed by atoms with E-state index in [0.29, 0.717) is 18.7 Å². The third-order valence-corrected chi connectivity index (χ3v) is 4.02. The predicted octanol–water partition coefficient (Wildman–Crippen LogP) is 3.22. The molecule has 1 aromatic heterocycles. The number of benzene rings is 2. The van der Waals surface area contributed by atoms with Gasteiger partial charge in [0, 0.05) is 25.4 Å². The first-order chi connectivity index (χ1) is 12.0. The highest BCUT2D eigenvalue weighted by Gasteiger charge is 2.16. The Morgan fingerprint density at radius 1 is 1.16 bits per heavy atom. The molecule has 0 aliphatic rings. The third-order valence-electron chi connectivity index (χ3n) is 4.02. The fourth-order valence-electron chi connectivity index (χ4n) is 2.72. The van der Waals surface area contributed by atoms with Crippen molar-refractivity contribution in [2.75, 3.05) is 7.05 Å². The second kappa shape index (κ2) is 7.21. The molecule has 0 unspecified atom stereocenters. The molecule has 25 heavy (non-hydrogen) atoms. The second-order valence-electron chi connectivity index (χ2n) is 6.21. The van der Waals surface area contributed by atoms with Crippen LogP contribution in [0.1, 0.15) is 27.0 Å². The molecule has 0 spiro atoms. The summed E-state index contributed by atoms with van der Waals surface area (Å²) in [6.07, 6.45) is 3.70. The molecule has 0 saturated carbocycles. The van der Waals surface area contributed by atoms with E-state index in [2.05, 4.69) is 17.2 Å². The molecule has 0 saturated heterocycles. The Morgan fingerprint density at radius 3 is 2.68 bits per heavy atom. The Balaban J connectivity index is 1.68. The first-order valence-corrected chi connectivity index (χ1v) is 8.13. The Hall–Kier alpha value is -3.08. The van der Waals surface area contributed by atoms with Crippen molar-refractivity contribution in [3.05, 3.63) is 83.2 Å². The van der Waals surface area contributed by atoms with Crippen LogP contribution >= 0.6 is 0 Å². The van der Waals surface area contributed by atoms with Crippen LogP contribution in [-0.4, -0.2) is 32.7 Å². The minimum atomic E-state index is -0.211. The van der Waals surface area contributed by atoms with Crippen molar-refractivity contribution in [3.63, 3.8) is 0 Å². The Morgan fingerprint density at radius 2 is 1.92 bits per heavy atom. The molecule has 1 amide bonds. The van der Waals surface area contributed by atoms with Crippen LogP contribution in [-0.2, 0) is 13.1 Å². The molecule has 0 atom stereocenters. The van der Waals surface area contributed by atoms with Crippen LogP contribution in [0.5, 0.6) is 5.75 Å².